The van der Waals surface area contributed by atoms with Crippen molar-refractivity contribution >= 4 is 132 Å². The van der Waals surface area contributed by atoms with Crippen LogP contribution in [0.15, 0.2) is 201 Å². The number of allylic oxidation sites excluding steroid dienone is 5. The van der Waals surface area contributed by atoms with Gasteiger partial charge in [-0.2, -0.15) is 10.5 Å². The van der Waals surface area contributed by atoms with Crippen molar-refractivity contribution in [2.24, 2.45) is 0 Å². The highest BCUT2D eigenvalue weighted by atomic mass is 16.3. The molecule has 0 bridgehead atoms. The summed E-state index contributed by atoms with van der Waals surface area (Å²) in [4.78, 5) is 0. The Labute approximate surface area is 452 Å². The topological polar surface area (TPSA) is 93.6 Å². The molecule has 9 aromatic carbocycles. The third kappa shape index (κ3) is 5.91. The molecule has 2 unspecified atom stereocenters. The van der Waals surface area contributed by atoms with Crippen molar-refractivity contribution in [2.75, 3.05) is 0 Å². The van der Waals surface area contributed by atoms with E-state index in [4.69, 9.17) is 8.83 Å². The molecule has 0 radical (unpaired) electrons. The second-order valence-corrected chi connectivity index (χ2v) is 21.6. The van der Waals surface area contributed by atoms with Gasteiger partial charge < -0.3 is 27.1 Å². The molecule has 0 spiro atoms. The van der Waals surface area contributed by atoms with E-state index >= 15 is 0 Å². The smallest absolute Gasteiger partial charge is 0.136 e. The number of nitrogens with zero attached hydrogens (tertiary/aromatic N) is 6. The van der Waals surface area contributed by atoms with Gasteiger partial charge >= 0.3 is 0 Å². The summed E-state index contributed by atoms with van der Waals surface area (Å²) in [6.45, 7) is 4.54. The number of hydrogen-bond acceptors (Lipinski definition) is 4. The lowest BCUT2D eigenvalue weighted by molar-refractivity contribution is 0.439. The standard InChI is InChI=1S/C71H44N6O2/c1-40-27-29-57-48(31-40)50-35-67-52(46-19-7-13-25-65(46)78-67)33-63(50)74(57)39-56-54(37-72)55(38-73)69(77-62-30-28-41(2)32-49(62)51-36-68-53(34-64(51)77)47-20-8-14-26-66(47)79-68)71(76-60-23-11-5-17-44(60)45-18-6-12-24-61(45)76)70(56)75-58-21-9-3-15-42(58)43-16-4-10-22-59(43)75/h3-7,9-11,13-19,21-23,25-36,70-71H,8,20,39H2,1-2H3. The van der Waals surface area contributed by atoms with Crippen molar-refractivity contribution in [1.82, 2.24) is 18.3 Å². The van der Waals surface area contributed by atoms with E-state index in [0.717, 1.165) is 155 Å². The van der Waals surface area contributed by atoms with E-state index in [1.807, 2.05) is 18.2 Å². The van der Waals surface area contributed by atoms with Crippen LogP contribution in [-0.4, -0.2) is 18.3 Å². The van der Waals surface area contributed by atoms with Crippen molar-refractivity contribution in [3.05, 3.63) is 227 Å². The number of para-hydroxylation sites is 4. The third-order valence-corrected chi connectivity index (χ3v) is 17.4. The van der Waals surface area contributed by atoms with Crippen molar-refractivity contribution in [3.8, 4) is 12.1 Å². The van der Waals surface area contributed by atoms with Crippen LogP contribution in [0.1, 0.15) is 41.0 Å². The fourth-order valence-electron chi connectivity index (χ4n) is 14.1. The molecule has 17 rings (SSSR count). The molecule has 79 heavy (non-hydrogen) atoms. The molecule has 370 valence electrons. The Morgan fingerprint density at radius 3 is 1.85 bits per heavy atom. The molecule has 0 N–H and O–H groups in total. The van der Waals surface area contributed by atoms with Crippen LogP contribution < -0.4 is 0 Å². The first-order valence-electron chi connectivity index (χ1n) is 27.0. The van der Waals surface area contributed by atoms with Crippen molar-refractivity contribution in [1.29, 1.82) is 10.5 Å². The predicted octanol–water partition coefficient (Wildman–Crippen LogP) is 17.7. The van der Waals surface area contributed by atoms with Crippen molar-refractivity contribution in [3.63, 3.8) is 0 Å². The van der Waals surface area contributed by atoms with E-state index in [2.05, 4.69) is 220 Å². The summed E-state index contributed by atoms with van der Waals surface area (Å²) in [5.41, 5.74) is 15.9. The van der Waals surface area contributed by atoms with Gasteiger partial charge in [-0.15, -0.1) is 0 Å². The second kappa shape index (κ2) is 16.0. The maximum absolute atomic E-state index is 12.4. The molecule has 0 saturated heterocycles. The van der Waals surface area contributed by atoms with E-state index < -0.39 is 12.1 Å². The molecular formula is C71H44N6O2. The minimum absolute atomic E-state index is 0.280. The monoisotopic (exact) mass is 1010 g/mol. The summed E-state index contributed by atoms with van der Waals surface area (Å²) in [5.74, 6) is 0.887. The molecule has 8 nitrogen and oxygen atoms in total. The van der Waals surface area contributed by atoms with Gasteiger partial charge in [0.1, 0.15) is 46.2 Å². The molecule has 2 aliphatic carbocycles. The number of aromatic nitrogens is 4. The number of nitriles is 2. The summed E-state index contributed by atoms with van der Waals surface area (Å²) in [6, 6.07) is 71.6. The quantitative estimate of drug-likeness (QED) is 0.172. The van der Waals surface area contributed by atoms with Crippen LogP contribution in [0.5, 0.6) is 0 Å². The highest BCUT2D eigenvalue weighted by molar-refractivity contribution is 6.18. The first kappa shape index (κ1) is 43.7. The SMILES string of the molecule is Cc1ccc2c(c1)c1cc3oc4ccccc4c3cc1n2CC1=C(C#N)C(C#N)=C(n2c3ccc(C)cc3c3cc4oc5c(c4cc32)CCC=C5)C(n2c3c#cccc3c3ccccc32)C1n1c2ccccc2c2ccccc21. The molecule has 8 heteroatoms. The van der Waals surface area contributed by atoms with Crippen LogP contribution >= 0.6 is 0 Å². The Morgan fingerprint density at radius 1 is 0.506 bits per heavy atom. The van der Waals surface area contributed by atoms with Crippen LogP contribution in [0.2, 0.25) is 0 Å². The van der Waals surface area contributed by atoms with Gasteiger partial charge in [-0.3, -0.25) is 0 Å². The summed E-state index contributed by atoms with van der Waals surface area (Å²) >= 11 is 0. The lowest BCUT2D eigenvalue weighted by Gasteiger charge is -2.40. The molecule has 15 aromatic rings. The zero-order chi connectivity index (χ0) is 52.4. The van der Waals surface area contributed by atoms with Crippen LogP contribution in [-0.2, 0) is 13.0 Å². The lowest BCUT2D eigenvalue weighted by atomic mass is 9.81. The maximum atomic E-state index is 12.4. The number of rotatable bonds is 5. The van der Waals surface area contributed by atoms with Gasteiger partial charge in [0.2, 0.25) is 0 Å². The normalized spacial score (nSPS) is 15.9. The molecule has 0 aliphatic heterocycles. The summed E-state index contributed by atoms with van der Waals surface area (Å²) in [7, 11) is 0. The minimum Gasteiger partial charge on any atom is -0.456 e. The number of aryl methyl sites for hydroxylation is 3. The van der Waals surface area contributed by atoms with E-state index in [1.54, 1.807) is 0 Å². The largest absolute Gasteiger partial charge is 0.456 e. The van der Waals surface area contributed by atoms with Gasteiger partial charge in [0.15, 0.2) is 0 Å². The minimum atomic E-state index is -0.688. The summed E-state index contributed by atoms with van der Waals surface area (Å²) in [5, 5.41) is 36.3. The van der Waals surface area contributed by atoms with Crippen molar-refractivity contribution < 1.29 is 8.83 Å². The highest BCUT2D eigenvalue weighted by Gasteiger charge is 2.45. The predicted molar refractivity (Wildman–Crippen MR) is 319 cm³/mol. The van der Waals surface area contributed by atoms with E-state index in [1.165, 1.54) is 5.56 Å². The fourth-order valence-corrected chi connectivity index (χ4v) is 14.1. The van der Waals surface area contributed by atoms with E-state index in [-0.39, 0.29) is 6.54 Å². The highest BCUT2D eigenvalue weighted by Crippen LogP contribution is 2.55. The van der Waals surface area contributed by atoms with Crippen molar-refractivity contribution in [2.45, 2.75) is 45.3 Å². The average Bonchev–Trinajstić information content (AvgIpc) is 4.32. The Morgan fingerprint density at radius 2 is 1.11 bits per heavy atom. The molecule has 2 atom stereocenters. The fraction of sp³-hybridized carbons (Fsp3) is 0.0986. The van der Waals surface area contributed by atoms with Crippen LogP contribution in [0, 0.1) is 48.6 Å². The Kier molecular flexibility index (Phi) is 8.88. The van der Waals surface area contributed by atoms with Gasteiger partial charge in [0.05, 0.1) is 45.0 Å². The van der Waals surface area contributed by atoms with E-state index in [0.29, 0.717) is 16.8 Å². The molecule has 2 aliphatic rings. The average molecular weight is 1010 g/mol. The molecular weight excluding hydrogens is 969 g/mol. The second-order valence-electron chi connectivity index (χ2n) is 21.6. The molecule has 0 fully saturated rings. The van der Waals surface area contributed by atoms with Crippen LogP contribution in [0.4, 0.5) is 0 Å². The zero-order valence-electron chi connectivity index (χ0n) is 43.1. The lowest BCUT2D eigenvalue weighted by Crippen LogP contribution is -2.33. The molecule has 6 aromatic heterocycles. The number of benzene rings is 8. The van der Waals surface area contributed by atoms with Gasteiger partial charge in [-0.25, -0.2) is 0 Å². The first-order chi connectivity index (χ1) is 38.9. The van der Waals surface area contributed by atoms with Gasteiger partial charge in [-0.05, 0) is 129 Å². The van der Waals surface area contributed by atoms with Gasteiger partial charge in [0.25, 0.3) is 0 Å². The molecule has 6 heterocycles. The molecule has 0 saturated carbocycles. The van der Waals surface area contributed by atoms with Gasteiger partial charge in [0, 0.05) is 87.9 Å². The molecule has 0 amide bonds. The third-order valence-electron chi connectivity index (χ3n) is 17.4. The van der Waals surface area contributed by atoms with E-state index in [9.17, 15) is 10.5 Å². The number of furan rings is 2. The maximum Gasteiger partial charge on any atom is 0.136 e. The van der Waals surface area contributed by atoms with Crippen LogP contribution in [0.3, 0.4) is 0 Å². The number of fused-ring (bicyclic) bond motifs is 18. The summed E-state index contributed by atoms with van der Waals surface area (Å²) in [6.07, 6.45) is 6.06. The van der Waals surface area contributed by atoms with Crippen LogP contribution in [0.25, 0.3) is 132 Å². The Balaban J connectivity index is 1.08. The summed E-state index contributed by atoms with van der Waals surface area (Å²) < 4.78 is 22.9. The number of hydrogen-bond donors (Lipinski definition) is 0. The zero-order valence-corrected chi connectivity index (χ0v) is 43.1. The Bertz CT molecular complexity index is 5320. The first-order valence-corrected chi connectivity index (χ1v) is 27.0. The Hall–Kier alpha value is -10.5. The van der Waals surface area contributed by atoms with Gasteiger partial charge in [-0.1, -0.05) is 108 Å².